The zero-order valence-electron chi connectivity index (χ0n) is 11.0. The molecule has 1 heterocycles. The summed E-state index contributed by atoms with van der Waals surface area (Å²) in [6.07, 6.45) is 1.63. The first-order valence-corrected chi connectivity index (χ1v) is 7.09. The molecular formula is C14H13BrClN3O. The average molecular weight is 355 g/mol. The van der Waals surface area contributed by atoms with E-state index in [0.717, 1.165) is 10.0 Å². The molecule has 4 nitrogen and oxygen atoms in total. The molecule has 0 radical (unpaired) electrons. The van der Waals surface area contributed by atoms with Gasteiger partial charge in [0.05, 0.1) is 5.56 Å². The van der Waals surface area contributed by atoms with Crippen LogP contribution >= 0.6 is 27.5 Å². The molecule has 0 aliphatic rings. The molecule has 0 atom stereocenters. The first kappa shape index (κ1) is 14.8. The molecule has 0 aliphatic carbocycles. The molecule has 2 rings (SSSR count). The molecule has 0 saturated heterocycles. The van der Waals surface area contributed by atoms with Gasteiger partial charge >= 0.3 is 0 Å². The Labute approximate surface area is 130 Å². The van der Waals surface area contributed by atoms with Crippen molar-refractivity contribution in [2.75, 3.05) is 17.7 Å². The third-order valence-electron chi connectivity index (χ3n) is 2.77. The summed E-state index contributed by atoms with van der Waals surface area (Å²) >= 11 is 9.35. The van der Waals surface area contributed by atoms with E-state index in [2.05, 4.69) is 31.5 Å². The van der Waals surface area contributed by atoms with Gasteiger partial charge in [0.25, 0.3) is 5.91 Å². The van der Waals surface area contributed by atoms with E-state index >= 15 is 0 Å². The molecule has 104 valence electrons. The average Bonchev–Trinajstić information content (AvgIpc) is 2.43. The van der Waals surface area contributed by atoms with E-state index in [9.17, 15) is 4.79 Å². The van der Waals surface area contributed by atoms with Crippen molar-refractivity contribution < 1.29 is 4.79 Å². The zero-order chi connectivity index (χ0) is 14.7. The molecule has 0 fully saturated rings. The van der Waals surface area contributed by atoms with Crippen molar-refractivity contribution in [1.82, 2.24) is 4.98 Å². The zero-order valence-corrected chi connectivity index (χ0v) is 13.3. The second-order valence-corrected chi connectivity index (χ2v) is 5.54. The number of aryl methyl sites for hydroxylation is 1. The second-order valence-electron chi connectivity index (χ2n) is 4.22. The number of amides is 1. The number of halogens is 2. The molecule has 0 saturated carbocycles. The molecule has 2 N–H and O–H groups in total. The monoisotopic (exact) mass is 353 g/mol. The van der Waals surface area contributed by atoms with Crippen molar-refractivity contribution in [1.29, 1.82) is 0 Å². The summed E-state index contributed by atoms with van der Waals surface area (Å²) in [4.78, 5) is 16.4. The minimum atomic E-state index is -0.247. The smallest absolute Gasteiger partial charge is 0.259 e. The summed E-state index contributed by atoms with van der Waals surface area (Å²) in [5.74, 6) is 0.270. The molecule has 0 aliphatic heterocycles. The quantitative estimate of drug-likeness (QED) is 0.872. The van der Waals surface area contributed by atoms with Crippen LogP contribution in [0.1, 0.15) is 15.9 Å². The lowest BCUT2D eigenvalue weighted by molar-refractivity contribution is 0.102. The van der Waals surface area contributed by atoms with Crippen molar-refractivity contribution in [2.24, 2.45) is 0 Å². The molecule has 6 heteroatoms. The van der Waals surface area contributed by atoms with E-state index in [-0.39, 0.29) is 5.91 Å². The number of benzene rings is 1. The standard InChI is InChI=1S/C14H13BrClN3O/c1-8-3-4-10(6-12(8)16)19-14(20)11-5-9(15)7-18-13(11)17-2/h3-7H,1-2H3,(H,17,18)(H,19,20). The van der Waals surface area contributed by atoms with Gasteiger partial charge in [-0.25, -0.2) is 4.98 Å². The van der Waals surface area contributed by atoms with Crippen LogP contribution in [0.25, 0.3) is 0 Å². The molecule has 1 aromatic heterocycles. The van der Waals surface area contributed by atoms with Crippen LogP contribution in [-0.2, 0) is 0 Å². The van der Waals surface area contributed by atoms with E-state index in [1.54, 1.807) is 25.4 Å². The largest absolute Gasteiger partial charge is 0.372 e. The lowest BCUT2D eigenvalue weighted by Gasteiger charge is -2.10. The Morgan fingerprint density at radius 2 is 2.10 bits per heavy atom. The van der Waals surface area contributed by atoms with Crippen LogP contribution in [0.5, 0.6) is 0 Å². The summed E-state index contributed by atoms with van der Waals surface area (Å²) in [6, 6.07) is 7.10. The molecule has 0 unspecified atom stereocenters. The van der Waals surface area contributed by atoms with Crippen molar-refractivity contribution in [2.45, 2.75) is 6.92 Å². The fraction of sp³-hybridized carbons (Fsp3) is 0.143. The minimum absolute atomic E-state index is 0.247. The van der Waals surface area contributed by atoms with Gasteiger partial charge in [0, 0.05) is 28.4 Å². The number of aromatic nitrogens is 1. The van der Waals surface area contributed by atoms with Crippen LogP contribution in [-0.4, -0.2) is 17.9 Å². The van der Waals surface area contributed by atoms with Crippen LogP contribution in [0.4, 0.5) is 11.5 Å². The summed E-state index contributed by atoms with van der Waals surface area (Å²) in [7, 11) is 1.72. The maximum absolute atomic E-state index is 12.3. The van der Waals surface area contributed by atoms with Gasteiger partial charge in [-0.1, -0.05) is 17.7 Å². The SMILES string of the molecule is CNc1ncc(Br)cc1C(=O)Nc1ccc(C)c(Cl)c1. The van der Waals surface area contributed by atoms with E-state index in [0.29, 0.717) is 22.1 Å². The van der Waals surface area contributed by atoms with Gasteiger partial charge in [0.15, 0.2) is 0 Å². The van der Waals surface area contributed by atoms with Gasteiger partial charge in [-0.3, -0.25) is 4.79 Å². The van der Waals surface area contributed by atoms with E-state index in [1.165, 1.54) is 0 Å². The second kappa shape index (κ2) is 6.24. The van der Waals surface area contributed by atoms with Gasteiger partial charge in [-0.15, -0.1) is 0 Å². The van der Waals surface area contributed by atoms with Gasteiger partial charge < -0.3 is 10.6 Å². The summed E-state index contributed by atoms with van der Waals surface area (Å²) in [5, 5.41) is 6.31. The number of hydrogen-bond acceptors (Lipinski definition) is 3. The molecular weight excluding hydrogens is 342 g/mol. The molecule has 1 amide bonds. The number of pyridine rings is 1. The van der Waals surface area contributed by atoms with Crippen molar-refractivity contribution >= 4 is 44.9 Å². The Bertz CT molecular complexity index is 661. The molecule has 20 heavy (non-hydrogen) atoms. The number of carbonyl (C=O) groups excluding carboxylic acids is 1. The van der Waals surface area contributed by atoms with Gasteiger partial charge in [-0.05, 0) is 46.6 Å². The van der Waals surface area contributed by atoms with E-state index in [1.807, 2.05) is 19.1 Å². The van der Waals surface area contributed by atoms with Crippen LogP contribution in [0.15, 0.2) is 34.9 Å². The summed E-state index contributed by atoms with van der Waals surface area (Å²) in [6.45, 7) is 1.91. The number of nitrogens with zero attached hydrogens (tertiary/aromatic N) is 1. The Hall–Kier alpha value is -1.59. The minimum Gasteiger partial charge on any atom is -0.372 e. The maximum Gasteiger partial charge on any atom is 0.259 e. The summed E-state index contributed by atoms with van der Waals surface area (Å²) < 4.78 is 0.739. The van der Waals surface area contributed by atoms with E-state index < -0.39 is 0 Å². The number of hydrogen-bond donors (Lipinski definition) is 2. The molecule has 0 bridgehead atoms. The van der Waals surface area contributed by atoms with Crippen LogP contribution in [0.2, 0.25) is 5.02 Å². The van der Waals surface area contributed by atoms with Gasteiger partial charge in [0.1, 0.15) is 5.82 Å². The Morgan fingerprint density at radius 1 is 1.35 bits per heavy atom. The Morgan fingerprint density at radius 3 is 2.75 bits per heavy atom. The van der Waals surface area contributed by atoms with Crippen LogP contribution < -0.4 is 10.6 Å². The van der Waals surface area contributed by atoms with Gasteiger partial charge in [-0.2, -0.15) is 0 Å². The van der Waals surface area contributed by atoms with Crippen molar-refractivity contribution in [3.63, 3.8) is 0 Å². The van der Waals surface area contributed by atoms with Gasteiger partial charge in [0.2, 0.25) is 0 Å². The number of carbonyl (C=O) groups is 1. The molecule has 2 aromatic rings. The lowest BCUT2D eigenvalue weighted by Crippen LogP contribution is -2.15. The summed E-state index contributed by atoms with van der Waals surface area (Å²) in [5.41, 5.74) is 2.07. The third kappa shape index (κ3) is 3.29. The topological polar surface area (TPSA) is 54.0 Å². The number of nitrogens with one attached hydrogen (secondary N) is 2. The number of anilines is 2. The van der Waals surface area contributed by atoms with E-state index in [4.69, 9.17) is 11.6 Å². The molecule has 0 spiro atoms. The Balaban J connectivity index is 2.27. The van der Waals surface area contributed by atoms with Crippen molar-refractivity contribution in [3.05, 3.63) is 51.1 Å². The van der Waals surface area contributed by atoms with Crippen molar-refractivity contribution in [3.8, 4) is 0 Å². The Kier molecular flexibility index (Phi) is 4.62. The lowest BCUT2D eigenvalue weighted by atomic mass is 10.2. The fourth-order valence-electron chi connectivity index (χ4n) is 1.68. The first-order valence-electron chi connectivity index (χ1n) is 5.92. The van der Waals surface area contributed by atoms with Crippen LogP contribution in [0.3, 0.4) is 0 Å². The first-order chi connectivity index (χ1) is 9.51. The highest BCUT2D eigenvalue weighted by Gasteiger charge is 2.13. The highest BCUT2D eigenvalue weighted by atomic mass is 79.9. The predicted molar refractivity (Wildman–Crippen MR) is 85.6 cm³/mol. The fourth-order valence-corrected chi connectivity index (χ4v) is 2.19. The third-order valence-corrected chi connectivity index (χ3v) is 3.61. The molecule has 1 aromatic carbocycles. The normalized spacial score (nSPS) is 10.2. The maximum atomic E-state index is 12.3. The number of rotatable bonds is 3. The van der Waals surface area contributed by atoms with Crippen LogP contribution in [0, 0.1) is 6.92 Å². The highest BCUT2D eigenvalue weighted by molar-refractivity contribution is 9.10. The predicted octanol–water partition coefficient (Wildman–Crippen LogP) is 4.10. The highest BCUT2D eigenvalue weighted by Crippen LogP contribution is 2.22.